The normalized spacial score (nSPS) is 16.6. The Hall–Kier alpha value is -3.26. The van der Waals surface area contributed by atoms with Crippen molar-refractivity contribution < 1.29 is 9.53 Å². The molecule has 0 radical (unpaired) electrons. The van der Waals surface area contributed by atoms with Crippen LogP contribution in [0, 0.1) is 0 Å². The van der Waals surface area contributed by atoms with E-state index in [-0.39, 0.29) is 12.5 Å². The molecule has 8 nitrogen and oxygen atoms in total. The minimum Gasteiger partial charge on any atom is -0.488 e. The average molecular weight is 364 g/mol. The first-order valence-corrected chi connectivity index (χ1v) is 8.73. The number of pyridine rings is 1. The number of hydrogen-bond donors (Lipinski definition) is 2. The van der Waals surface area contributed by atoms with E-state index >= 15 is 0 Å². The van der Waals surface area contributed by atoms with E-state index in [2.05, 4.69) is 25.5 Å². The summed E-state index contributed by atoms with van der Waals surface area (Å²) in [5, 5.41) is 10.4. The number of nitrogens with one attached hydrogen (secondary N) is 2. The standard InChI is InChI=1S/C19H20N6O2/c1-25-18-15(8-5-9-20-18)27-12-14(19(25)26)21-11-17-22-16(23-24-17)10-13-6-3-2-4-7-13/h2-9,14,21H,10-12H2,1H3,(H,22,23,24)/t14-/m0/s1. The highest BCUT2D eigenvalue weighted by molar-refractivity contribution is 5.97. The maximum absolute atomic E-state index is 12.7. The van der Waals surface area contributed by atoms with Crippen molar-refractivity contribution in [1.82, 2.24) is 25.5 Å². The number of ether oxygens (including phenoxy) is 1. The lowest BCUT2D eigenvalue weighted by atomic mass is 10.1. The van der Waals surface area contributed by atoms with Crippen molar-refractivity contribution in [2.75, 3.05) is 18.6 Å². The van der Waals surface area contributed by atoms with Crippen molar-refractivity contribution in [3.05, 3.63) is 65.9 Å². The Morgan fingerprint density at radius 2 is 2.11 bits per heavy atom. The highest BCUT2D eigenvalue weighted by Gasteiger charge is 2.29. The Morgan fingerprint density at radius 1 is 1.26 bits per heavy atom. The van der Waals surface area contributed by atoms with Crippen LogP contribution in [0.1, 0.15) is 17.2 Å². The summed E-state index contributed by atoms with van der Waals surface area (Å²) in [7, 11) is 1.70. The van der Waals surface area contributed by atoms with Gasteiger partial charge in [0.1, 0.15) is 18.5 Å². The molecule has 2 aromatic heterocycles. The van der Waals surface area contributed by atoms with E-state index < -0.39 is 6.04 Å². The van der Waals surface area contributed by atoms with Crippen LogP contribution in [-0.4, -0.2) is 45.8 Å². The number of likely N-dealkylation sites (N-methyl/N-ethyl adjacent to an activating group) is 1. The van der Waals surface area contributed by atoms with Crippen LogP contribution < -0.4 is 15.0 Å². The van der Waals surface area contributed by atoms with Gasteiger partial charge >= 0.3 is 0 Å². The van der Waals surface area contributed by atoms with Gasteiger partial charge in [-0.2, -0.15) is 5.10 Å². The van der Waals surface area contributed by atoms with E-state index in [9.17, 15) is 4.79 Å². The van der Waals surface area contributed by atoms with Crippen LogP contribution in [0.3, 0.4) is 0 Å². The van der Waals surface area contributed by atoms with Gasteiger partial charge in [0.05, 0.1) is 6.54 Å². The zero-order valence-corrected chi connectivity index (χ0v) is 14.9. The second-order valence-electron chi connectivity index (χ2n) is 6.33. The lowest BCUT2D eigenvalue weighted by Crippen LogP contribution is -2.47. The number of amides is 1. The number of nitrogens with zero attached hydrogens (tertiary/aromatic N) is 4. The molecule has 0 saturated carbocycles. The van der Waals surface area contributed by atoms with Crippen LogP contribution in [0.2, 0.25) is 0 Å². The third-order valence-electron chi connectivity index (χ3n) is 4.40. The van der Waals surface area contributed by atoms with Gasteiger partial charge in [0, 0.05) is 19.7 Å². The molecule has 1 aliphatic rings. The predicted molar refractivity (Wildman–Crippen MR) is 99.4 cm³/mol. The van der Waals surface area contributed by atoms with Crippen LogP contribution >= 0.6 is 0 Å². The topological polar surface area (TPSA) is 96.0 Å². The van der Waals surface area contributed by atoms with E-state index in [1.807, 2.05) is 30.3 Å². The summed E-state index contributed by atoms with van der Waals surface area (Å²) in [5.74, 6) is 2.41. The number of anilines is 1. The SMILES string of the molecule is CN1C(=O)[C@@H](NCc2n[nH]c(Cc3ccccc3)n2)COc2cccnc21. The number of hydrogen-bond acceptors (Lipinski definition) is 6. The fourth-order valence-corrected chi connectivity index (χ4v) is 2.97. The number of rotatable bonds is 5. The van der Waals surface area contributed by atoms with Gasteiger partial charge in [-0.3, -0.25) is 20.1 Å². The van der Waals surface area contributed by atoms with Crippen LogP contribution in [-0.2, 0) is 17.8 Å². The molecule has 3 heterocycles. The Bertz CT molecular complexity index is 927. The highest BCUT2D eigenvalue weighted by atomic mass is 16.5. The van der Waals surface area contributed by atoms with Gasteiger partial charge in [0.25, 0.3) is 0 Å². The first kappa shape index (κ1) is 17.2. The highest BCUT2D eigenvalue weighted by Crippen LogP contribution is 2.27. The smallest absolute Gasteiger partial charge is 0.248 e. The molecule has 1 amide bonds. The number of fused-ring (bicyclic) bond motifs is 1. The predicted octanol–water partition coefficient (Wildman–Crippen LogP) is 1.30. The van der Waals surface area contributed by atoms with E-state index in [0.29, 0.717) is 30.4 Å². The number of H-pyrrole nitrogens is 1. The van der Waals surface area contributed by atoms with Crippen LogP contribution in [0.25, 0.3) is 0 Å². The number of benzene rings is 1. The molecule has 2 N–H and O–H groups in total. The van der Waals surface area contributed by atoms with Crippen LogP contribution in [0.4, 0.5) is 5.82 Å². The van der Waals surface area contributed by atoms with Gasteiger partial charge in [-0.05, 0) is 17.7 Å². The zero-order chi connectivity index (χ0) is 18.6. The Labute approximate surface area is 156 Å². The van der Waals surface area contributed by atoms with Crippen molar-refractivity contribution in [2.45, 2.75) is 19.0 Å². The summed E-state index contributed by atoms with van der Waals surface area (Å²) in [5.41, 5.74) is 1.16. The van der Waals surface area contributed by atoms with E-state index in [1.165, 1.54) is 4.90 Å². The molecule has 8 heteroatoms. The minimum absolute atomic E-state index is 0.104. The Kier molecular flexibility index (Phi) is 4.80. The monoisotopic (exact) mass is 364 g/mol. The molecule has 1 aromatic carbocycles. The quantitative estimate of drug-likeness (QED) is 0.709. The van der Waals surface area contributed by atoms with Gasteiger partial charge in [-0.15, -0.1) is 0 Å². The van der Waals surface area contributed by atoms with Crippen molar-refractivity contribution >= 4 is 11.7 Å². The molecular weight excluding hydrogens is 344 g/mol. The molecule has 1 aliphatic heterocycles. The van der Waals surface area contributed by atoms with E-state index in [0.717, 1.165) is 11.4 Å². The lowest BCUT2D eigenvalue weighted by molar-refractivity contribution is -0.120. The van der Waals surface area contributed by atoms with Crippen molar-refractivity contribution in [1.29, 1.82) is 0 Å². The molecule has 0 fully saturated rings. The van der Waals surface area contributed by atoms with Gasteiger partial charge < -0.3 is 4.74 Å². The molecule has 0 saturated heterocycles. The molecule has 0 unspecified atom stereocenters. The number of carbonyl (C=O) groups excluding carboxylic acids is 1. The average Bonchev–Trinajstić information content (AvgIpc) is 3.10. The minimum atomic E-state index is -0.500. The maximum Gasteiger partial charge on any atom is 0.248 e. The summed E-state index contributed by atoms with van der Waals surface area (Å²) in [4.78, 5) is 22.9. The van der Waals surface area contributed by atoms with Gasteiger partial charge in [0.2, 0.25) is 5.91 Å². The Morgan fingerprint density at radius 3 is 2.96 bits per heavy atom. The molecule has 0 aliphatic carbocycles. The lowest BCUT2D eigenvalue weighted by Gasteiger charge is -2.19. The van der Waals surface area contributed by atoms with Gasteiger partial charge in [0.15, 0.2) is 17.4 Å². The third kappa shape index (κ3) is 3.80. The summed E-state index contributed by atoms with van der Waals surface area (Å²) in [6, 6.07) is 13.2. The fourth-order valence-electron chi connectivity index (χ4n) is 2.97. The molecule has 0 spiro atoms. The number of aromatic nitrogens is 4. The number of carbonyl (C=O) groups is 1. The van der Waals surface area contributed by atoms with Crippen molar-refractivity contribution in [2.24, 2.45) is 0 Å². The first-order chi connectivity index (χ1) is 13.2. The zero-order valence-electron chi connectivity index (χ0n) is 14.9. The second kappa shape index (κ2) is 7.55. The van der Waals surface area contributed by atoms with Crippen molar-refractivity contribution in [3.8, 4) is 5.75 Å². The number of aromatic amines is 1. The molecule has 4 rings (SSSR count). The summed E-state index contributed by atoms with van der Waals surface area (Å²) in [6.45, 7) is 0.589. The largest absolute Gasteiger partial charge is 0.488 e. The molecule has 138 valence electrons. The van der Waals surface area contributed by atoms with Crippen LogP contribution in [0.15, 0.2) is 48.7 Å². The van der Waals surface area contributed by atoms with Crippen LogP contribution in [0.5, 0.6) is 5.75 Å². The molecule has 3 aromatic rings. The van der Waals surface area contributed by atoms with Crippen molar-refractivity contribution in [3.63, 3.8) is 0 Å². The second-order valence-corrected chi connectivity index (χ2v) is 6.33. The summed E-state index contributed by atoms with van der Waals surface area (Å²) >= 11 is 0. The summed E-state index contributed by atoms with van der Waals surface area (Å²) < 4.78 is 5.74. The first-order valence-electron chi connectivity index (χ1n) is 8.73. The van der Waals surface area contributed by atoms with E-state index in [1.54, 1.807) is 25.4 Å². The molecule has 27 heavy (non-hydrogen) atoms. The Balaban J connectivity index is 1.38. The molecule has 0 bridgehead atoms. The van der Waals surface area contributed by atoms with E-state index in [4.69, 9.17) is 4.74 Å². The maximum atomic E-state index is 12.7. The summed E-state index contributed by atoms with van der Waals surface area (Å²) in [6.07, 6.45) is 2.32. The molecular formula is C19H20N6O2. The van der Waals surface area contributed by atoms with Gasteiger partial charge in [-0.25, -0.2) is 9.97 Å². The molecule has 1 atom stereocenters. The van der Waals surface area contributed by atoms with Gasteiger partial charge in [-0.1, -0.05) is 30.3 Å². The fraction of sp³-hybridized carbons (Fsp3) is 0.263. The third-order valence-corrected chi connectivity index (χ3v) is 4.40.